The first-order valence-electron chi connectivity index (χ1n) is 4.43. The summed E-state index contributed by atoms with van der Waals surface area (Å²) in [6.45, 7) is 4.58. The van der Waals surface area contributed by atoms with Gasteiger partial charge in [-0.2, -0.15) is 0 Å². The molecule has 0 aliphatic rings. The van der Waals surface area contributed by atoms with Gasteiger partial charge < -0.3 is 0 Å². The van der Waals surface area contributed by atoms with E-state index >= 15 is 0 Å². The van der Waals surface area contributed by atoms with Crippen LogP contribution in [0.4, 0.5) is 0 Å². The second-order valence-corrected chi connectivity index (χ2v) is 5.99. The Morgan fingerprint density at radius 3 is 2.69 bits per heavy atom. The smallest absolute Gasteiger partial charge is 0.0812 e. The number of aromatic nitrogens is 1. The third kappa shape index (κ3) is 1.63. The van der Waals surface area contributed by atoms with Crippen LogP contribution in [-0.2, 0) is 0 Å². The number of rotatable bonds is 1. The normalized spacial score (nSPS) is 11.0. The number of pyridine rings is 1. The summed E-state index contributed by atoms with van der Waals surface area (Å²) < 4.78 is 0. The molecule has 2 heteroatoms. The first-order valence-corrected chi connectivity index (χ1v) is 6.93. The highest BCUT2D eigenvalue weighted by Crippen LogP contribution is 2.08. The SMILES string of the molecule is C[Si](C)c1cnc2ccccc2c1. The van der Waals surface area contributed by atoms with E-state index in [-0.39, 0.29) is 8.80 Å². The summed E-state index contributed by atoms with van der Waals surface area (Å²) in [7, 11) is -0.365. The van der Waals surface area contributed by atoms with E-state index in [1.165, 1.54) is 10.6 Å². The lowest BCUT2D eigenvalue weighted by Crippen LogP contribution is -2.22. The fourth-order valence-corrected chi connectivity index (χ4v) is 2.11. The van der Waals surface area contributed by atoms with Crippen LogP contribution in [0.2, 0.25) is 13.1 Å². The number of hydrogen-bond acceptors (Lipinski definition) is 1. The van der Waals surface area contributed by atoms with Crippen molar-refractivity contribution in [1.82, 2.24) is 4.98 Å². The Hall–Kier alpha value is -1.15. The molecule has 0 bridgehead atoms. The Labute approximate surface area is 80.0 Å². The summed E-state index contributed by atoms with van der Waals surface area (Å²) >= 11 is 0. The molecule has 0 aliphatic heterocycles. The van der Waals surface area contributed by atoms with Gasteiger partial charge in [-0.1, -0.05) is 37.4 Å². The number of benzene rings is 1. The van der Waals surface area contributed by atoms with E-state index in [9.17, 15) is 0 Å². The molecule has 1 nitrogen and oxygen atoms in total. The average Bonchev–Trinajstić information content (AvgIpc) is 2.17. The third-order valence-corrected chi connectivity index (χ3v) is 3.60. The highest BCUT2D eigenvalue weighted by molar-refractivity contribution is 6.70. The highest BCUT2D eigenvalue weighted by atomic mass is 28.3. The van der Waals surface area contributed by atoms with Crippen LogP contribution in [0.1, 0.15) is 0 Å². The molecule has 0 aliphatic carbocycles. The fourth-order valence-electron chi connectivity index (χ4n) is 1.34. The summed E-state index contributed by atoms with van der Waals surface area (Å²) in [5.74, 6) is 0. The number of hydrogen-bond donors (Lipinski definition) is 0. The summed E-state index contributed by atoms with van der Waals surface area (Å²) in [4.78, 5) is 4.43. The molecule has 2 rings (SSSR count). The van der Waals surface area contributed by atoms with Crippen molar-refractivity contribution in [2.24, 2.45) is 0 Å². The second kappa shape index (κ2) is 3.30. The lowest BCUT2D eigenvalue weighted by molar-refractivity contribution is 1.43. The lowest BCUT2D eigenvalue weighted by Gasteiger charge is -2.03. The largest absolute Gasteiger partial charge is 0.256 e. The van der Waals surface area contributed by atoms with Crippen molar-refractivity contribution in [2.45, 2.75) is 13.1 Å². The zero-order chi connectivity index (χ0) is 9.26. The van der Waals surface area contributed by atoms with Crippen molar-refractivity contribution in [3.63, 3.8) is 0 Å². The molecular weight excluding hydrogens is 174 g/mol. The predicted molar refractivity (Wildman–Crippen MR) is 58.9 cm³/mol. The minimum atomic E-state index is -0.365. The number of para-hydroxylation sites is 1. The maximum Gasteiger partial charge on any atom is 0.0812 e. The predicted octanol–water partition coefficient (Wildman–Crippen LogP) is 2.20. The first-order chi connectivity index (χ1) is 6.27. The van der Waals surface area contributed by atoms with Gasteiger partial charge in [-0.25, -0.2) is 0 Å². The quantitative estimate of drug-likeness (QED) is 0.622. The Kier molecular flexibility index (Phi) is 2.15. The van der Waals surface area contributed by atoms with Gasteiger partial charge in [-0.3, -0.25) is 4.98 Å². The van der Waals surface area contributed by atoms with Crippen molar-refractivity contribution < 1.29 is 0 Å². The van der Waals surface area contributed by atoms with Gasteiger partial charge in [0.2, 0.25) is 0 Å². The molecule has 0 amide bonds. The zero-order valence-electron chi connectivity index (χ0n) is 7.91. The average molecular weight is 186 g/mol. The molecule has 0 saturated heterocycles. The first kappa shape index (κ1) is 8.45. The molecular formula is C11H12NSi. The topological polar surface area (TPSA) is 12.9 Å². The van der Waals surface area contributed by atoms with Crippen molar-refractivity contribution in [1.29, 1.82) is 0 Å². The maximum atomic E-state index is 4.43. The Morgan fingerprint density at radius 1 is 1.15 bits per heavy atom. The van der Waals surface area contributed by atoms with Crippen LogP contribution in [-0.4, -0.2) is 13.8 Å². The summed E-state index contributed by atoms with van der Waals surface area (Å²) in [6, 6.07) is 10.5. The van der Waals surface area contributed by atoms with Crippen LogP contribution < -0.4 is 5.19 Å². The summed E-state index contributed by atoms with van der Waals surface area (Å²) in [5, 5.41) is 2.66. The third-order valence-electron chi connectivity index (χ3n) is 2.17. The van der Waals surface area contributed by atoms with Gasteiger partial charge in [0.25, 0.3) is 0 Å². The zero-order valence-corrected chi connectivity index (χ0v) is 8.91. The molecule has 13 heavy (non-hydrogen) atoms. The monoisotopic (exact) mass is 186 g/mol. The summed E-state index contributed by atoms with van der Waals surface area (Å²) in [6.07, 6.45) is 2.01. The van der Waals surface area contributed by atoms with E-state index < -0.39 is 0 Å². The Morgan fingerprint density at radius 2 is 1.92 bits per heavy atom. The fraction of sp³-hybridized carbons (Fsp3) is 0.182. The van der Waals surface area contributed by atoms with Gasteiger partial charge in [0, 0.05) is 11.6 Å². The van der Waals surface area contributed by atoms with Crippen LogP contribution in [0.5, 0.6) is 0 Å². The molecule has 2 aromatic rings. The molecule has 0 unspecified atom stereocenters. The molecule has 65 valence electrons. The second-order valence-electron chi connectivity index (χ2n) is 3.42. The molecule has 1 heterocycles. The molecule has 0 atom stereocenters. The van der Waals surface area contributed by atoms with E-state index in [0.717, 1.165) is 5.52 Å². The summed E-state index contributed by atoms with van der Waals surface area (Å²) in [5.41, 5.74) is 1.09. The van der Waals surface area contributed by atoms with Crippen molar-refractivity contribution in [3.8, 4) is 0 Å². The standard InChI is InChI=1S/C11H12NSi/c1-13(2)10-7-9-5-3-4-6-11(9)12-8-10/h3-8H,1-2H3. The van der Waals surface area contributed by atoms with Crippen LogP contribution in [0.15, 0.2) is 36.5 Å². The Balaban J connectivity index is 2.62. The van der Waals surface area contributed by atoms with E-state index in [0.29, 0.717) is 0 Å². The van der Waals surface area contributed by atoms with Crippen LogP contribution in [0, 0.1) is 0 Å². The molecule has 1 radical (unpaired) electrons. The van der Waals surface area contributed by atoms with Crippen molar-refractivity contribution in [3.05, 3.63) is 36.5 Å². The van der Waals surface area contributed by atoms with E-state index in [1.807, 2.05) is 12.3 Å². The number of fused-ring (bicyclic) bond motifs is 1. The van der Waals surface area contributed by atoms with E-state index in [2.05, 4.69) is 42.3 Å². The van der Waals surface area contributed by atoms with Gasteiger partial charge in [-0.15, -0.1) is 0 Å². The van der Waals surface area contributed by atoms with Gasteiger partial charge in [-0.05, 0) is 11.3 Å². The molecule has 1 aromatic carbocycles. The van der Waals surface area contributed by atoms with E-state index in [1.54, 1.807) is 0 Å². The van der Waals surface area contributed by atoms with Crippen LogP contribution >= 0.6 is 0 Å². The van der Waals surface area contributed by atoms with Gasteiger partial charge in [0.1, 0.15) is 0 Å². The molecule has 0 saturated carbocycles. The minimum absolute atomic E-state index is 0.365. The van der Waals surface area contributed by atoms with Gasteiger partial charge in [0.05, 0.1) is 14.3 Å². The van der Waals surface area contributed by atoms with Gasteiger partial charge in [0.15, 0.2) is 0 Å². The number of nitrogens with zero attached hydrogens (tertiary/aromatic N) is 1. The van der Waals surface area contributed by atoms with Crippen molar-refractivity contribution >= 4 is 24.9 Å². The van der Waals surface area contributed by atoms with Gasteiger partial charge >= 0.3 is 0 Å². The lowest BCUT2D eigenvalue weighted by atomic mass is 10.2. The van der Waals surface area contributed by atoms with Crippen LogP contribution in [0.25, 0.3) is 10.9 Å². The maximum absolute atomic E-state index is 4.43. The van der Waals surface area contributed by atoms with Crippen molar-refractivity contribution in [2.75, 3.05) is 0 Å². The highest BCUT2D eigenvalue weighted by Gasteiger charge is 2.01. The Bertz CT molecular complexity index is 423. The van der Waals surface area contributed by atoms with Crippen LogP contribution in [0.3, 0.4) is 0 Å². The molecule has 1 aromatic heterocycles. The van der Waals surface area contributed by atoms with E-state index in [4.69, 9.17) is 0 Å². The molecule has 0 fully saturated rings. The minimum Gasteiger partial charge on any atom is -0.256 e. The molecule has 0 N–H and O–H groups in total. The molecule has 0 spiro atoms.